The summed E-state index contributed by atoms with van der Waals surface area (Å²) in [5.74, 6) is 2.32. The topological polar surface area (TPSA) is 84.2 Å². The van der Waals surface area contributed by atoms with E-state index in [-0.39, 0.29) is 4.08 Å². The van der Waals surface area contributed by atoms with E-state index in [0.717, 1.165) is 40.5 Å². The lowest BCUT2D eigenvalue weighted by molar-refractivity contribution is 0.100. The molecule has 0 bridgehead atoms. The van der Waals surface area contributed by atoms with Gasteiger partial charge in [0.1, 0.15) is 22.0 Å². The van der Waals surface area contributed by atoms with Gasteiger partial charge in [-0.15, -0.1) is 23.5 Å². The molecule has 1 spiro atoms. The Morgan fingerprint density at radius 2 is 2.04 bits per heavy atom. The van der Waals surface area contributed by atoms with E-state index in [1.54, 1.807) is 6.07 Å². The molecule has 0 aliphatic carbocycles. The number of ether oxygens (including phenoxy) is 1. The van der Waals surface area contributed by atoms with E-state index in [4.69, 9.17) is 10.5 Å². The first kappa shape index (κ1) is 16.8. The van der Waals surface area contributed by atoms with Crippen LogP contribution < -0.4 is 15.4 Å². The van der Waals surface area contributed by atoms with Gasteiger partial charge in [0.05, 0.1) is 17.8 Å². The number of carbonyl (C=O) groups is 1. The van der Waals surface area contributed by atoms with E-state index >= 15 is 0 Å². The third-order valence-electron chi connectivity index (χ3n) is 4.87. The molecule has 3 N–H and O–H groups in total. The monoisotopic (exact) mass is 398 g/mol. The Kier molecular flexibility index (Phi) is 3.98. The van der Waals surface area contributed by atoms with Crippen molar-refractivity contribution in [2.45, 2.75) is 4.08 Å². The number of thioether (sulfide) groups is 2. The van der Waals surface area contributed by atoms with Crippen LogP contribution in [-0.2, 0) is 0 Å². The van der Waals surface area contributed by atoms with Crippen molar-refractivity contribution < 1.29 is 9.53 Å². The van der Waals surface area contributed by atoms with Crippen LogP contribution in [0.15, 0.2) is 42.6 Å². The average molecular weight is 399 g/mol. The van der Waals surface area contributed by atoms with Crippen LogP contribution in [0.5, 0.6) is 5.88 Å². The highest BCUT2D eigenvalue weighted by molar-refractivity contribution is 8.21. The van der Waals surface area contributed by atoms with Crippen molar-refractivity contribution in [3.05, 3.63) is 48.2 Å². The molecule has 3 aromatic rings. The molecule has 2 aliphatic rings. The molecule has 8 heteroatoms. The third kappa shape index (κ3) is 2.83. The normalized spacial score (nSPS) is 18.3. The number of rotatable bonds is 2. The number of hydrogen-bond acceptors (Lipinski definition) is 6. The lowest BCUT2D eigenvalue weighted by Crippen LogP contribution is -2.37. The van der Waals surface area contributed by atoms with Gasteiger partial charge in [0, 0.05) is 23.1 Å². The molecule has 1 amide bonds. The summed E-state index contributed by atoms with van der Waals surface area (Å²) < 4.78 is 6.09. The number of carbonyl (C=O) groups excluding carboxylic acids is 1. The van der Waals surface area contributed by atoms with Gasteiger partial charge in [0.15, 0.2) is 0 Å². The highest BCUT2D eigenvalue weighted by Gasteiger charge is 2.42. The smallest absolute Gasteiger partial charge is 0.250 e. The van der Waals surface area contributed by atoms with E-state index < -0.39 is 5.91 Å². The molecule has 1 aromatic carbocycles. The molecule has 0 saturated carbocycles. The Morgan fingerprint density at radius 3 is 2.85 bits per heavy atom. The minimum atomic E-state index is -0.436. The second-order valence-corrected chi connectivity index (χ2v) is 9.81. The first-order valence-electron chi connectivity index (χ1n) is 8.70. The molecule has 4 heterocycles. The molecule has 27 heavy (non-hydrogen) atoms. The molecule has 1 saturated heterocycles. The molecule has 138 valence electrons. The summed E-state index contributed by atoms with van der Waals surface area (Å²) >= 11 is 3.83. The second-order valence-electron chi connectivity index (χ2n) is 6.59. The Hall–Kier alpha value is -2.32. The summed E-state index contributed by atoms with van der Waals surface area (Å²) in [6.07, 6.45) is 1.86. The fraction of sp³-hybridized carbons (Fsp3) is 0.263. The highest BCUT2D eigenvalue weighted by atomic mass is 32.2. The number of amides is 1. The van der Waals surface area contributed by atoms with Gasteiger partial charge >= 0.3 is 0 Å². The molecule has 0 radical (unpaired) electrons. The number of primary amides is 1. The lowest BCUT2D eigenvalue weighted by atomic mass is 10.1. The standard InChI is InChI=1S/C19H18N4O2S2/c20-16(24)13-3-1-2-4-14(13)23-10-19(26-7-8-27-19)11-25-18-15(23)9-12-5-6-21-17(12)22-18/h1-6,9H,7-8,10-11H2,(H2,20,24)(H,21,22). The largest absolute Gasteiger partial charge is 0.474 e. The van der Waals surface area contributed by atoms with Gasteiger partial charge in [0.2, 0.25) is 5.88 Å². The van der Waals surface area contributed by atoms with Crippen LogP contribution in [0.4, 0.5) is 11.4 Å². The van der Waals surface area contributed by atoms with Crippen molar-refractivity contribution >= 4 is 51.8 Å². The first-order chi connectivity index (χ1) is 13.2. The van der Waals surface area contributed by atoms with Crippen LogP contribution in [0.2, 0.25) is 0 Å². The van der Waals surface area contributed by atoms with Crippen LogP contribution in [0.25, 0.3) is 11.0 Å². The van der Waals surface area contributed by atoms with E-state index in [2.05, 4.69) is 20.9 Å². The zero-order chi connectivity index (χ0) is 18.4. The maximum Gasteiger partial charge on any atom is 0.250 e. The second kappa shape index (κ2) is 6.38. The Balaban J connectivity index is 1.72. The molecule has 0 unspecified atom stereocenters. The predicted molar refractivity (Wildman–Crippen MR) is 111 cm³/mol. The van der Waals surface area contributed by atoms with Crippen LogP contribution in [0.1, 0.15) is 10.4 Å². The SMILES string of the molecule is NC(=O)c1ccccc1N1CC2(COc3nc4[nH]ccc4cc31)SCCS2. The van der Waals surface area contributed by atoms with Crippen molar-refractivity contribution in [1.29, 1.82) is 0 Å². The van der Waals surface area contributed by atoms with Crippen LogP contribution in [0, 0.1) is 0 Å². The molecular formula is C19H18N4O2S2. The van der Waals surface area contributed by atoms with Crippen molar-refractivity contribution in [2.75, 3.05) is 29.6 Å². The summed E-state index contributed by atoms with van der Waals surface area (Å²) in [6.45, 7) is 1.29. The molecule has 2 aromatic heterocycles. The Morgan fingerprint density at radius 1 is 1.22 bits per heavy atom. The van der Waals surface area contributed by atoms with Crippen molar-refractivity contribution in [3.63, 3.8) is 0 Å². The molecule has 0 atom stereocenters. The van der Waals surface area contributed by atoms with Gasteiger partial charge in [-0.25, -0.2) is 0 Å². The minimum Gasteiger partial charge on any atom is -0.474 e. The maximum absolute atomic E-state index is 12.1. The van der Waals surface area contributed by atoms with Crippen LogP contribution in [-0.4, -0.2) is 44.6 Å². The van der Waals surface area contributed by atoms with Gasteiger partial charge < -0.3 is 20.4 Å². The maximum atomic E-state index is 12.1. The number of nitrogens with one attached hydrogen (secondary N) is 1. The van der Waals surface area contributed by atoms with Crippen molar-refractivity contribution in [3.8, 4) is 5.88 Å². The number of hydrogen-bond donors (Lipinski definition) is 2. The van der Waals surface area contributed by atoms with Crippen molar-refractivity contribution in [1.82, 2.24) is 9.97 Å². The summed E-state index contributed by atoms with van der Waals surface area (Å²) in [5.41, 5.74) is 8.62. The number of fused-ring (bicyclic) bond motifs is 2. The van der Waals surface area contributed by atoms with E-state index in [0.29, 0.717) is 18.1 Å². The van der Waals surface area contributed by atoms with Gasteiger partial charge in [0.25, 0.3) is 5.91 Å². The summed E-state index contributed by atoms with van der Waals surface area (Å²) in [4.78, 5) is 22.1. The number of aromatic nitrogens is 2. The number of benzene rings is 1. The molecule has 1 fully saturated rings. The van der Waals surface area contributed by atoms with E-state index in [1.807, 2.05) is 54.0 Å². The van der Waals surface area contributed by atoms with Crippen molar-refractivity contribution in [2.24, 2.45) is 5.73 Å². The predicted octanol–water partition coefficient (Wildman–Crippen LogP) is 3.37. The Labute approximate surface area is 164 Å². The number of anilines is 2. The number of para-hydroxylation sites is 1. The van der Waals surface area contributed by atoms with Gasteiger partial charge in [-0.3, -0.25) is 4.79 Å². The quantitative estimate of drug-likeness (QED) is 0.689. The average Bonchev–Trinajstić information content (AvgIpc) is 3.29. The molecular weight excluding hydrogens is 380 g/mol. The highest BCUT2D eigenvalue weighted by Crippen LogP contribution is 2.50. The summed E-state index contributed by atoms with van der Waals surface area (Å²) in [5, 5.41) is 1.00. The van der Waals surface area contributed by atoms with Crippen LogP contribution >= 0.6 is 23.5 Å². The zero-order valence-corrected chi connectivity index (χ0v) is 16.1. The first-order valence-corrected chi connectivity index (χ1v) is 10.7. The lowest BCUT2D eigenvalue weighted by Gasteiger charge is -2.32. The van der Waals surface area contributed by atoms with Gasteiger partial charge in [-0.05, 0) is 24.3 Å². The fourth-order valence-electron chi connectivity index (χ4n) is 3.61. The third-order valence-corrected chi connectivity index (χ3v) is 8.20. The van der Waals surface area contributed by atoms with Crippen LogP contribution in [0.3, 0.4) is 0 Å². The molecule has 2 aliphatic heterocycles. The number of nitrogens with zero attached hydrogens (tertiary/aromatic N) is 2. The summed E-state index contributed by atoms with van der Waals surface area (Å²) in [7, 11) is 0. The number of nitrogens with two attached hydrogens (primary N) is 1. The molecule has 6 nitrogen and oxygen atoms in total. The summed E-state index contributed by atoms with van der Waals surface area (Å²) in [6, 6.07) is 11.5. The number of pyridine rings is 1. The number of aromatic amines is 1. The van der Waals surface area contributed by atoms with Gasteiger partial charge in [-0.2, -0.15) is 4.98 Å². The Bertz CT molecular complexity index is 1030. The molecule has 5 rings (SSSR count). The number of H-pyrrole nitrogens is 1. The zero-order valence-electron chi connectivity index (χ0n) is 14.5. The van der Waals surface area contributed by atoms with E-state index in [1.165, 1.54) is 0 Å². The fourth-order valence-corrected chi connectivity index (χ4v) is 6.58. The minimum absolute atomic E-state index is 0.0980. The van der Waals surface area contributed by atoms with E-state index in [9.17, 15) is 4.79 Å². The van der Waals surface area contributed by atoms with Gasteiger partial charge in [-0.1, -0.05) is 12.1 Å².